The van der Waals surface area contributed by atoms with Crippen molar-refractivity contribution in [3.05, 3.63) is 145 Å². The normalized spacial score (nSPS) is 13.0. The SMILES string of the molecule is C[n+]1[c-]n(-c2[c-]cccc2)c2ccccc21.Cc1cc(-c2ccccc2)cc(C)c1-c1c[c-]c(N2[CH-]N(C)CC2)cc1.[Ir]. The summed E-state index contributed by atoms with van der Waals surface area (Å²) in [6.45, 7) is 8.64. The van der Waals surface area contributed by atoms with Gasteiger partial charge in [0.15, 0.2) is 0 Å². The van der Waals surface area contributed by atoms with Crippen molar-refractivity contribution < 1.29 is 24.7 Å². The third kappa shape index (κ3) is 6.65. The van der Waals surface area contributed by atoms with Gasteiger partial charge in [-0.05, 0) is 45.1 Å². The zero-order valence-corrected chi connectivity index (χ0v) is 27.4. The van der Waals surface area contributed by atoms with E-state index in [4.69, 9.17) is 0 Å². The summed E-state index contributed by atoms with van der Waals surface area (Å²) >= 11 is 0. The van der Waals surface area contributed by atoms with Crippen LogP contribution < -0.4 is 9.47 Å². The van der Waals surface area contributed by atoms with E-state index in [0.717, 1.165) is 30.0 Å². The summed E-state index contributed by atoms with van der Waals surface area (Å²) in [5.74, 6) is 0. The third-order valence-electron chi connectivity index (χ3n) is 7.73. The van der Waals surface area contributed by atoms with Gasteiger partial charge in [0.25, 0.3) is 0 Å². The number of aromatic nitrogens is 2. The van der Waals surface area contributed by atoms with Gasteiger partial charge in [-0.25, -0.2) is 0 Å². The summed E-state index contributed by atoms with van der Waals surface area (Å²) in [5.41, 5.74) is 12.2. The number of anilines is 1. The van der Waals surface area contributed by atoms with Gasteiger partial charge in [-0.3, -0.25) is 0 Å². The first-order valence-electron chi connectivity index (χ1n) is 14.3. The standard InChI is InChI=1S/C24H24N2.C14H11N2.Ir/c1-18-15-22(20-7-5-4-6-8-20)16-19(2)24(18)21-9-11-23(12-10-21)26-14-13-25(3)17-26;1-15-11-16(12-7-3-2-4-8-12)14-10-6-5-9-13(14)15;/h4-11,15-17H,13-14H2,1-3H3;2-7,9-10H,1H3;/q-2;-1;. The minimum absolute atomic E-state index is 0. The maximum Gasteiger partial charge on any atom is 0.242 e. The predicted octanol–water partition coefficient (Wildman–Crippen LogP) is 7.36. The number of aryl methyl sites for hydroxylation is 3. The van der Waals surface area contributed by atoms with Gasteiger partial charge in [0.1, 0.15) is 0 Å². The first-order chi connectivity index (χ1) is 20.5. The van der Waals surface area contributed by atoms with E-state index in [-0.39, 0.29) is 20.1 Å². The van der Waals surface area contributed by atoms with Crippen molar-refractivity contribution in [1.29, 1.82) is 0 Å². The Kier molecular flexibility index (Phi) is 9.57. The Morgan fingerprint density at radius 2 is 1.44 bits per heavy atom. The zero-order chi connectivity index (χ0) is 29.1. The van der Waals surface area contributed by atoms with Crippen LogP contribution >= 0.6 is 0 Å². The molecule has 0 unspecified atom stereocenters. The van der Waals surface area contributed by atoms with Gasteiger partial charge in [0, 0.05) is 20.1 Å². The van der Waals surface area contributed by atoms with Gasteiger partial charge in [0.2, 0.25) is 6.33 Å². The number of rotatable bonds is 4. The summed E-state index contributed by atoms with van der Waals surface area (Å²) in [6.07, 6.45) is 3.27. The van der Waals surface area contributed by atoms with E-state index < -0.39 is 0 Å². The van der Waals surface area contributed by atoms with E-state index in [1.807, 2.05) is 52.6 Å². The van der Waals surface area contributed by atoms with E-state index >= 15 is 0 Å². The van der Waals surface area contributed by atoms with Gasteiger partial charge < -0.3 is 18.9 Å². The van der Waals surface area contributed by atoms with Crippen LogP contribution in [-0.4, -0.2) is 29.6 Å². The number of hydrogen-bond acceptors (Lipinski definition) is 2. The van der Waals surface area contributed by atoms with Crippen molar-refractivity contribution in [3.8, 4) is 27.9 Å². The molecule has 0 spiro atoms. The minimum Gasteiger partial charge on any atom is -0.528 e. The van der Waals surface area contributed by atoms with E-state index in [9.17, 15) is 0 Å². The van der Waals surface area contributed by atoms with Crippen LogP contribution in [0.15, 0.2) is 109 Å². The third-order valence-corrected chi connectivity index (χ3v) is 7.73. The second-order valence-corrected chi connectivity index (χ2v) is 10.8. The number of nitrogens with zero attached hydrogens (tertiary/aromatic N) is 4. The smallest absolute Gasteiger partial charge is 0.242 e. The summed E-state index contributed by atoms with van der Waals surface area (Å²) in [7, 11) is 4.11. The molecule has 0 atom stereocenters. The molecule has 1 aliphatic rings. The average Bonchev–Trinajstić information content (AvgIpc) is 3.61. The Bertz CT molecular complexity index is 1770. The summed E-state index contributed by atoms with van der Waals surface area (Å²) < 4.78 is 4.02. The number of imidazole rings is 1. The first kappa shape index (κ1) is 30.4. The van der Waals surface area contributed by atoms with Crippen molar-refractivity contribution >= 4 is 16.7 Å². The molecule has 0 N–H and O–H groups in total. The molecule has 0 saturated carbocycles. The largest absolute Gasteiger partial charge is 0.528 e. The van der Waals surface area contributed by atoms with Crippen molar-refractivity contribution in [2.45, 2.75) is 13.8 Å². The number of fused-ring (bicyclic) bond motifs is 1. The molecule has 5 aromatic carbocycles. The average molecular weight is 740 g/mol. The summed E-state index contributed by atoms with van der Waals surface area (Å²) in [6, 6.07) is 44.5. The number of likely N-dealkylation sites (N-methyl/N-ethyl adjacent to an activating group) is 1. The van der Waals surface area contributed by atoms with Crippen molar-refractivity contribution in [2.24, 2.45) is 7.05 Å². The Hall–Kier alpha value is -4.02. The van der Waals surface area contributed by atoms with E-state index in [1.54, 1.807) is 0 Å². The quantitative estimate of drug-likeness (QED) is 0.139. The van der Waals surface area contributed by atoms with Gasteiger partial charge >= 0.3 is 0 Å². The van der Waals surface area contributed by atoms with E-state index in [2.05, 4.69) is 129 Å². The Balaban J connectivity index is 0.000000186. The predicted molar refractivity (Wildman–Crippen MR) is 172 cm³/mol. The molecule has 43 heavy (non-hydrogen) atoms. The summed E-state index contributed by atoms with van der Waals surface area (Å²) in [4.78, 5) is 4.46. The fourth-order valence-corrected chi connectivity index (χ4v) is 5.67. The molecule has 7 rings (SSSR count). The maximum absolute atomic E-state index is 3.47. The van der Waals surface area contributed by atoms with E-state index in [0.29, 0.717) is 0 Å². The molecule has 0 aliphatic carbocycles. The van der Waals surface area contributed by atoms with Gasteiger partial charge in [-0.2, -0.15) is 55.2 Å². The molecule has 219 valence electrons. The second-order valence-electron chi connectivity index (χ2n) is 10.8. The second kappa shape index (κ2) is 13.5. The van der Waals surface area contributed by atoms with Crippen molar-refractivity contribution in [3.63, 3.8) is 0 Å². The molecule has 0 amide bonds. The molecule has 4 nitrogen and oxygen atoms in total. The van der Waals surface area contributed by atoms with Gasteiger partial charge in [-0.1, -0.05) is 89.1 Å². The van der Waals surface area contributed by atoms with E-state index in [1.165, 1.54) is 38.9 Å². The monoisotopic (exact) mass is 740 g/mol. The van der Waals surface area contributed by atoms with Crippen LogP contribution in [0.4, 0.5) is 5.69 Å². The molecule has 0 bridgehead atoms. The molecule has 1 fully saturated rings. The van der Waals surface area contributed by atoms with Crippen LogP contribution in [0.5, 0.6) is 0 Å². The molecule has 1 aromatic heterocycles. The van der Waals surface area contributed by atoms with Crippen LogP contribution in [-0.2, 0) is 27.2 Å². The van der Waals surface area contributed by atoms with Crippen LogP contribution in [0.3, 0.4) is 0 Å². The molecular formula is C38H35IrN4-3. The molecule has 1 aliphatic heterocycles. The van der Waals surface area contributed by atoms with Gasteiger partial charge in [0.05, 0.1) is 18.1 Å². The van der Waals surface area contributed by atoms with Crippen molar-refractivity contribution in [1.82, 2.24) is 9.47 Å². The number of benzene rings is 5. The Labute approximate surface area is 269 Å². The molecule has 2 heterocycles. The Morgan fingerprint density at radius 1 is 0.721 bits per heavy atom. The fourth-order valence-electron chi connectivity index (χ4n) is 5.67. The van der Waals surface area contributed by atoms with Gasteiger partial charge in [-0.15, -0.1) is 17.3 Å². The number of hydrogen-bond donors (Lipinski definition) is 0. The number of para-hydroxylation sites is 3. The van der Waals surface area contributed by atoms with Crippen molar-refractivity contribution in [2.75, 3.05) is 25.0 Å². The Morgan fingerprint density at radius 3 is 2.09 bits per heavy atom. The molecule has 1 saturated heterocycles. The van der Waals surface area contributed by atoms with Crippen LogP contribution in [0.25, 0.3) is 39.0 Å². The summed E-state index contributed by atoms with van der Waals surface area (Å²) in [5, 5.41) is 0. The van der Waals surface area contributed by atoms with Crippen LogP contribution in [0.1, 0.15) is 11.1 Å². The van der Waals surface area contributed by atoms with Crippen LogP contribution in [0, 0.1) is 39.0 Å². The maximum atomic E-state index is 3.47. The zero-order valence-electron chi connectivity index (χ0n) is 25.0. The minimum atomic E-state index is 0. The topological polar surface area (TPSA) is 15.3 Å². The molecule has 5 heteroatoms. The molecular weight excluding hydrogens is 705 g/mol. The molecule has 1 radical (unpaired) electrons. The van der Waals surface area contributed by atoms with Crippen LogP contribution in [0.2, 0.25) is 0 Å². The fraction of sp³-hybridized carbons (Fsp3) is 0.158. The molecule has 6 aromatic rings. The first-order valence-corrected chi connectivity index (χ1v) is 14.3.